The van der Waals surface area contributed by atoms with E-state index in [1.165, 1.54) is 5.56 Å². The van der Waals surface area contributed by atoms with Gasteiger partial charge in [-0.2, -0.15) is 0 Å². The molecule has 0 aliphatic carbocycles. The third-order valence-electron chi connectivity index (χ3n) is 5.49. The number of hydrogen-bond donors (Lipinski definition) is 1. The first-order valence-electron chi connectivity index (χ1n) is 9.83. The minimum atomic E-state index is -0.0345. The highest BCUT2D eigenvalue weighted by molar-refractivity contribution is 7.13. The van der Waals surface area contributed by atoms with Crippen molar-refractivity contribution >= 4 is 28.2 Å². The summed E-state index contributed by atoms with van der Waals surface area (Å²) >= 11 is 1.64. The minimum absolute atomic E-state index is 0.0345. The van der Waals surface area contributed by atoms with E-state index in [0.717, 1.165) is 50.2 Å². The van der Waals surface area contributed by atoms with Crippen molar-refractivity contribution in [3.8, 4) is 0 Å². The molecule has 2 fully saturated rings. The molecule has 2 amide bonds. The van der Waals surface area contributed by atoms with E-state index < -0.39 is 0 Å². The van der Waals surface area contributed by atoms with Crippen molar-refractivity contribution in [3.05, 3.63) is 41.4 Å². The largest absolute Gasteiger partial charge is 0.379 e. The number of carbonyl (C=O) groups is 1. The quantitative estimate of drug-likeness (QED) is 0.854. The lowest BCUT2D eigenvalue weighted by atomic mass is 10.1. The van der Waals surface area contributed by atoms with Crippen molar-refractivity contribution in [1.82, 2.24) is 14.8 Å². The van der Waals surface area contributed by atoms with Crippen LogP contribution in [0.2, 0.25) is 0 Å². The van der Waals surface area contributed by atoms with Gasteiger partial charge in [0.15, 0.2) is 5.13 Å². The Morgan fingerprint density at radius 2 is 1.82 bits per heavy atom. The first-order valence-corrected chi connectivity index (χ1v) is 10.7. The molecule has 8 heteroatoms. The summed E-state index contributed by atoms with van der Waals surface area (Å²) in [6.07, 6.45) is 1.82. The lowest BCUT2D eigenvalue weighted by Crippen LogP contribution is -2.50. The zero-order valence-electron chi connectivity index (χ0n) is 16.2. The Morgan fingerprint density at radius 3 is 2.46 bits per heavy atom. The number of amides is 2. The van der Waals surface area contributed by atoms with Crippen LogP contribution in [-0.2, 0) is 4.74 Å². The summed E-state index contributed by atoms with van der Waals surface area (Å²) < 4.78 is 5.43. The number of rotatable bonds is 4. The molecule has 3 heterocycles. The van der Waals surface area contributed by atoms with Crippen LogP contribution in [-0.4, -0.2) is 73.3 Å². The van der Waals surface area contributed by atoms with Crippen LogP contribution in [0.4, 0.5) is 15.6 Å². The molecule has 0 radical (unpaired) electrons. The van der Waals surface area contributed by atoms with Crippen molar-refractivity contribution in [1.29, 1.82) is 0 Å². The molecule has 2 aliphatic rings. The van der Waals surface area contributed by atoms with E-state index in [-0.39, 0.29) is 6.03 Å². The second kappa shape index (κ2) is 8.89. The Bertz CT molecular complexity index is 753. The van der Waals surface area contributed by atoms with Gasteiger partial charge in [0, 0.05) is 62.6 Å². The van der Waals surface area contributed by atoms with Crippen LogP contribution < -0.4 is 10.2 Å². The van der Waals surface area contributed by atoms with E-state index >= 15 is 0 Å². The molecule has 1 unspecified atom stereocenters. The average molecular weight is 402 g/mol. The molecule has 1 aromatic carbocycles. The summed E-state index contributed by atoms with van der Waals surface area (Å²) in [7, 11) is 0. The number of aromatic nitrogens is 1. The molecule has 150 valence electrons. The van der Waals surface area contributed by atoms with E-state index in [2.05, 4.69) is 39.2 Å². The number of anilines is 2. The molecular weight excluding hydrogens is 374 g/mol. The number of urea groups is 1. The topological polar surface area (TPSA) is 60.9 Å². The number of hydrogen-bond acceptors (Lipinski definition) is 6. The molecule has 0 bridgehead atoms. The highest BCUT2D eigenvalue weighted by atomic mass is 32.1. The van der Waals surface area contributed by atoms with E-state index in [0.29, 0.717) is 19.1 Å². The van der Waals surface area contributed by atoms with Crippen LogP contribution in [0, 0.1) is 0 Å². The first kappa shape index (κ1) is 19.2. The maximum absolute atomic E-state index is 12.6. The molecule has 0 spiro atoms. The van der Waals surface area contributed by atoms with Crippen LogP contribution >= 0.6 is 11.3 Å². The Morgan fingerprint density at radius 1 is 1.11 bits per heavy atom. The molecule has 1 N–H and O–H groups in total. The number of nitrogens with one attached hydrogen (secondary N) is 1. The van der Waals surface area contributed by atoms with Crippen LogP contribution in [0.1, 0.15) is 18.5 Å². The number of carbonyl (C=O) groups excluding carboxylic acids is 1. The van der Waals surface area contributed by atoms with Gasteiger partial charge in [-0.3, -0.25) is 4.90 Å². The van der Waals surface area contributed by atoms with Crippen LogP contribution in [0.15, 0.2) is 35.8 Å². The number of ether oxygens (including phenoxy) is 1. The van der Waals surface area contributed by atoms with E-state index in [4.69, 9.17) is 4.74 Å². The summed E-state index contributed by atoms with van der Waals surface area (Å²) in [4.78, 5) is 23.5. The average Bonchev–Trinajstić information content (AvgIpc) is 3.29. The fraction of sp³-hybridized carbons (Fsp3) is 0.500. The summed E-state index contributed by atoms with van der Waals surface area (Å²) in [6, 6.07) is 8.53. The van der Waals surface area contributed by atoms with Gasteiger partial charge in [0.25, 0.3) is 0 Å². The fourth-order valence-electron chi connectivity index (χ4n) is 3.70. The molecule has 4 rings (SSSR count). The normalized spacial score (nSPS) is 19.5. The van der Waals surface area contributed by atoms with Gasteiger partial charge >= 0.3 is 6.03 Å². The number of nitrogens with zero attached hydrogens (tertiary/aromatic N) is 4. The third-order valence-corrected chi connectivity index (χ3v) is 6.33. The lowest BCUT2D eigenvalue weighted by Gasteiger charge is -2.34. The first-order chi connectivity index (χ1) is 13.7. The SMILES string of the molecule is CC(c1ccc(NC(=O)N2CCN(c3nccs3)CC2)cc1)N1CCOCC1. The smallest absolute Gasteiger partial charge is 0.321 e. The molecule has 2 aliphatic heterocycles. The van der Waals surface area contributed by atoms with Gasteiger partial charge in [0.1, 0.15) is 0 Å². The molecule has 2 aromatic rings. The Labute approximate surface area is 169 Å². The fourth-order valence-corrected chi connectivity index (χ4v) is 4.39. The van der Waals surface area contributed by atoms with Gasteiger partial charge in [0.2, 0.25) is 0 Å². The summed E-state index contributed by atoms with van der Waals surface area (Å²) in [5.74, 6) is 0. The van der Waals surface area contributed by atoms with Crippen molar-refractivity contribution < 1.29 is 9.53 Å². The second-order valence-electron chi connectivity index (χ2n) is 7.17. The number of morpholine rings is 1. The Balaban J connectivity index is 1.29. The number of benzene rings is 1. The lowest BCUT2D eigenvalue weighted by molar-refractivity contribution is 0.0198. The van der Waals surface area contributed by atoms with Crippen molar-refractivity contribution in [2.75, 3.05) is 62.7 Å². The summed E-state index contributed by atoms with van der Waals surface area (Å²) in [6.45, 7) is 8.80. The highest BCUT2D eigenvalue weighted by Gasteiger charge is 2.23. The van der Waals surface area contributed by atoms with Gasteiger partial charge in [-0.05, 0) is 24.6 Å². The standard InChI is InChI=1S/C20H27N5O2S/c1-16(23-11-13-27-14-12-23)17-2-4-18(5-3-17)22-19(26)24-7-9-25(10-8-24)20-21-6-15-28-20/h2-6,15-16H,7-14H2,1H3,(H,22,26). The van der Waals surface area contributed by atoms with E-state index in [9.17, 15) is 4.79 Å². The monoisotopic (exact) mass is 401 g/mol. The predicted molar refractivity (Wildman–Crippen MR) is 112 cm³/mol. The maximum Gasteiger partial charge on any atom is 0.321 e. The Hall–Kier alpha value is -2.16. The third kappa shape index (κ3) is 4.45. The van der Waals surface area contributed by atoms with Crippen molar-refractivity contribution in [2.24, 2.45) is 0 Å². The number of thiazole rings is 1. The van der Waals surface area contributed by atoms with Crippen LogP contribution in [0.3, 0.4) is 0 Å². The second-order valence-corrected chi connectivity index (χ2v) is 8.04. The maximum atomic E-state index is 12.6. The molecule has 0 saturated carbocycles. The van der Waals surface area contributed by atoms with Gasteiger partial charge in [0.05, 0.1) is 13.2 Å². The van der Waals surface area contributed by atoms with Gasteiger partial charge in [-0.15, -0.1) is 11.3 Å². The van der Waals surface area contributed by atoms with Crippen molar-refractivity contribution in [2.45, 2.75) is 13.0 Å². The highest BCUT2D eigenvalue weighted by Crippen LogP contribution is 2.23. The zero-order valence-corrected chi connectivity index (χ0v) is 17.0. The molecular formula is C20H27N5O2S. The van der Waals surface area contributed by atoms with E-state index in [1.807, 2.05) is 28.6 Å². The summed E-state index contributed by atoms with van der Waals surface area (Å²) in [5.41, 5.74) is 2.10. The van der Waals surface area contributed by atoms with Crippen LogP contribution in [0.25, 0.3) is 0 Å². The molecule has 1 atom stereocenters. The molecule has 7 nitrogen and oxygen atoms in total. The van der Waals surface area contributed by atoms with E-state index in [1.54, 1.807) is 11.3 Å². The number of piperazine rings is 1. The van der Waals surface area contributed by atoms with Gasteiger partial charge in [-0.1, -0.05) is 12.1 Å². The van der Waals surface area contributed by atoms with Crippen LogP contribution in [0.5, 0.6) is 0 Å². The minimum Gasteiger partial charge on any atom is -0.379 e. The summed E-state index contributed by atoms with van der Waals surface area (Å²) in [5, 5.41) is 6.05. The predicted octanol–water partition coefficient (Wildman–Crippen LogP) is 2.89. The van der Waals surface area contributed by atoms with Gasteiger partial charge < -0.3 is 19.9 Å². The molecule has 28 heavy (non-hydrogen) atoms. The van der Waals surface area contributed by atoms with Gasteiger partial charge in [-0.25, -0.2) is 9.78 Å². The van der Waals surface area contributed by atoms with Crippen molar-refractivity contribution in [3.63, 3.8) is 0 Å². The zero-order chi connectivity index (χ0) is 19.3. The molecule has 1 aromatic heterocycles. The molecule has 2 saturated heterocycles. The Kier molecular flexibility index (Phi) is 6.09.